The molecule has 1 aliphatic heterocycles. The van der Waals surface area contributed by atoms with Crippen LogP contribution in [0, 0.1) is 0 Å². The fraction of sp³-hybridized carbons (Fsp3) is 0.250. The molecule has 0 radical (unpaired) electrons. The third kappa shape index (κ3) is 3.88. The molecule has 5 rings (SSSR count). The van der Waals surface area contributed by atoms with E-state index in [0.717, 1.165) is 28.8 Å². The van der Waals surface area contributed by atoms with Crippen LogP contribution >= 0.6 is 11.3 Å². The van der Waals surface area contributed by atoms with Gasteiger partial charge in [-0.2, -0.15) is 0 Å². The molecular weight excluding hydrogens is 414 g/mol. The van der Waals surface area contributed by atoms with Gasteiger partial charge in [-0.1, -0.05) is 30.3 Å². The van der Waals surface area contributed by atoms with Crippen molar-refractivity contribution in [2.24, 2.45) is 0 Å². The van der Waals surface area contributed by atoms with Crippen LogP contribution in [0.2, 0.25) is 0 Å². The van der Waals surface area contributed by atoms with Gasteiger partial charge >= 0.3 is 5.97 Å². The molecule has 2 heterocycles. The van der Waals surface area contributed by atoms with Crippen molar-refractivity contribution in [1.29, 1.82) is 0 Å². The van der Waals surface area contributed by atoms with Crippen molar-refractivity contribution in [3.8, 4) is 21.9 Å². The number of aryl methyl sites for hydroxylation is 2. The predicted octanol–water partition coefficient (Wildman–Crippen LogP) is 4.10. The van der Waals surface area contributed by atoms with Crippen LogP contribution in [0.15, 0.2) is 48.5 Å². The van der Waals surface area contributed by atoms with Gasteiger partial charge in [0.2, 0.25) is 6.79 Å². The maximum absolute atomic E-state index is 12.7. The van der Waals surface area contributed by atoms with Crippen molar-refractivity contribution >= 4 is 23.2 Å². The van der Waals surface area contributed by atoms with Gasteiger partial charge in [0.25, 0.3) is 5.91 Å². The van der Waals surface area contributed by atoms with Gasteiger partial charge in [-0.15, -0.1) is 11.3 Å². The first-order valence-corrected chi connectivity index (χ1v) is 11.0. The minimum absolute atomic E-state index is 0.204. The van der Waals surface area contributed by atoms with Gasteiger partial charge in [-0.05, 0) is 60.2 Å². The van der Waals surface area contributed by atoms with E-state index >= 15 is 0 Å². The van der Waals surface area contributed by atoms with Gasteiger partial charge in [0.1, 0.15) is 4.88 Å². The second kappa shape index (κ2) is 8.07. The molecule has 6 nitrogen and oxygen atoms in total. The van der Waals surface area contributed by atoms with E-state index in [4.69, 9.17) is 14.2 Å². The molecular formula is C24H21NO5S. The lowest BCUT2D eigenvalue weighted by Crippen LogP contribution is -2.35. The summed E-state index contributed by atoms with van der Waals surface area (Å²) in [6, 6.07) is 15.7. The van der Waals surface area contributed by atoms with E-state index in [1.807, 2.05) is 36.4 Å². The number of amides is 1. The number of ether oxygens (including phenoxy) is 3. The Kier molecular flexibility index (Phi) is 5.11. The fourth-order valence-corrected chi connectivity index (χ4v) is 4.98. The summed E-state index contributed by atoms with van der Waals surface area (Å²) in [6.07, 6.45) is 0.974. The Hall–Kier alpha value is -3.32. The summed E-state index contributed by atoms with van der Waals surface area (Å²) in [5.41, 5.74) is 4.52. The summed E-state index contributed by atoms with van der Waals surface area (Å²) in [6.45, 7) is 2.09. The van der Waals surface area contributed by atoms with Crippen molar-refractivity contribution in [2.45, 2.75) is 32.4 Å². The lowest BCUT2D eigenvalue weighted by molar-refractivity contribution is -0.129. The number of rotatable bonds is 5. The first-order chi connectivity index (χ1) is 15.1. The Morgan fingerprint density at radius 1 is 1.06 bits per heavy atom. The molecule has 0 fully saturated rings. The molecule has 7 heteroatoms. The van der Waals surface area contributed by atoms with E-state index in [2.05, 4.69) is 17.4 Å². The Morgan fingerprint density at radius 2 is 1.87 bits per heavy atom. The molecule has 1 N–H and O–H groups in total. The minimum atomic E-state index is -0.895. The first kappa shape index (κ1) is 19.6. The van der Waals surface area contributed by atoms with Crippen molar-refractivity contribution in [3.05, 3.63) is 70.1 Å². The first-order valence-electron chi connectivity index (χ1n) is 10.2. The van der Waals surface area contributed by atoms with E-state index in [1.165, 1.54) is 22.5 Å². The van der Waals surface area contributed by atoms with Gasteiger partial charge in [0.05, 0.1) is 0 Å². The largest absolute Gasteiger partial charge is 0.454 e. The zero-order valence-corrected chi connectivity index (χ0v) is 17.8. The summed E-state index contributed by atoms with van der Waals surface area (Å²) in [5.74, 6) is 0.536. The fourth-order valence-electron chi connectivity index (χ4n) is 3.83. The highest BCUT2D eigenvalue weighted by molar-refractivity contribution is 7.17. The van der Waals surface area contributed by atoms with Crippen molar-refractivity contribution < 1.29 is 23.8 Å². The minimum Gasteiger partial charge on any atom is -0.454 e. The standard InChI is InChI=1S/C24H21NO5S/c1-14(23(26)25-12-15-6-9-19-20(10-15)29-13-28-19)30-24(27)21-11-17-8-7-16-4-2-3-5-18(16)22(17)31-21/h2-6,9-11,14H,7-8,12-13H2,1H3,(H,25,26). The molecule has 1 atom stereocenters. The molecule has 1 aromatic heterocycles. The number of carbonyl (C=O) groups is 2. The number of carbonyl (C=O) groups excluding carboxylic acids is 2. The Morgan fingerprint density at radius 3 is 2.77 bits per heavy atom. The summed E-state index contributed by atoms with van der Waals surface area (Å²) >= 11 is 1.43. The number of nitrogens with one attached hydrogen (secondary N) is 1. The normalized spacial score (nSPS) is 14.4. The molecule has 1 aliphatic carbocycles. The lowest BCUT2D eigenvalue weighted by Gasteiger charge is -2.15. The summed E-state index contributed by atoms with van der Waals surface area (Å²) in [5, 5.41) is 2.80. The van der Waals surface area contributed by atoms with E-state index in [9.17, 15) is 9.59 Å². The van der Waals surface area contributed by atoms with Crippen LogP contribution in [0.1, 0.15) is 33.3 Å². The number of thiophene rings is 1. The maximum atomic E-state index is 12.7. The quantitative estimate of drug-likeness (QED) is 0.611. The molecule has 2 aliphatic rings. The number of benzene rings is 2. The summed E-state index contributed by atoms with van der Waals surface area (Å²) < 4.78 is 16.1. The van der Waals surface area contributed by atoms with Crippen LogP contribution in [0.3, 0.4) is 0 Å². The molecule has 2 aromatic carbocycles. The summed E-state index contributed by atoms with van der Waals surface area (Å²) in [4.78, 5) is 26.7. The highest BCUT2D eigenvalue weighted by atomic mass is 32.1. The molecule has 1 unspecified atom stereocenters. The van der Waals surface area contributed by atoms with Crippen LogP contribution < -0.4 is 14.8 Å². The SMILES string of the molecule is CC(OC(=O)c1cc2c(s1)-c1ccccc1CC2)C(=O)NCc1ccc2c(c1)OCO2. The van der Waals surface area contributed by atoms with Crippen LogP contribution in [0.4, 0.5) is 0 Å². The van der Waals surface area contributed by atoms with E-state index < -0.39 is 12.1 Å². The maximum Gasteiger partial charge on any atom is 0.349 e. The van der Waals surface area contributed by atoms with Crippen molar-refractivity contribution in [3.63, 3.8) is 0 Å². The topological polar surface area (TPSA) is 73.9 Å². The average Bonchev–Trinajstić information content (AvgIpc) is 3.44. The molecule has 0 spiro atoms. The molecule has 0 saturated heterocycles. The van der Waals surface area contributed by atoms with Crippen molar-refractivity contribution in [1.82, 2.24) is 5.32 Å². The molecule has 3 aromatic rings. The van der Waals surface area contributed by atoms with Crippen LogP contribution in [-0.2, 0) is 28.9 Å². The second-order valence-corrected chi connectivity index (χ2v) is 8.63. The lowest BCUT2D eigenvalue weighted by atomic mass is 9.91. The van der Waals surface area contributed by atoms with Gasteiger partial charge in [-0.3, -0.25) is 4.79 Å². The van der Waals surface area contributed by atoms with Crippen LogP contribution in [0.25, 0.3) is 10.4 Å². The molecule has 0 bridgehead atoms. The highest BCUT2D eigenvalue weighted by Gasteiger charge is 2.24. The zero-order valence-electron chi connectivity index (χ0n) is 17.0. The molecule has 31 heavy (non-hydrogen) atoms. The Balaban J connectivity index is 1.21. The third-order valence-corrected chi connectivity index (χ3v) is 6.68. The Bertz CT molecular complexity index is 1170. The van der Waals surface area contributed by atoms with E-state index in [1.54, 1.807) is 6.92 Å². The third-order valence-electron chi connectivity index (χ3n) is 5.49. The molecule has 0 saturated carbocycles. The number of fused-ring (bicyclic) bond motifs is 4. The monoisotopic (exact) mass is 435 g/mol. The van der Waals surface area contributed by atoms with Gasteiger partial charge in [-0.25, -0.2) is 4.79 Å². The second-order valence-electron chi connectivity index (χ2n) is 7.58. The van der Waals surface area contributed by atoms with Crippen LogP contribution in [0.5, 0.6) is 11.5 Å². The van der Waals surface area contributed by atoms with Crippen molar-refractivity contribution in [2.75, 3.05) is 6.79 Å². The number of hydrogen-bond acceptors (Lipinski definition) is 6. The Labute approximate surface area is 183 Å². The highest BCUT2D eigenvalue weighted by Crippen LogP contribution is 2.39. The van der Waals surface area contributed by atoms with Gasteiger partial charge < -0.3 is 19.5 Å². The van der Waals surface area contributed by atoms with E-state index in [0.29, 0.717) is 22.9 Å². The zero-order chi connectivity index (χ0) is 21.4. The number of esters is 1. The number of hydrogen-bond donors (Lipinski definition) is 1. The smallest absolute Gasteiger partial charge is 0.349 e. The molecule has 1 amide bonds. The summed E-state index contributed by atoms with van der Waals surface area (Å²) in [7, 11) is 0. The molecule has 158 valence electrons. The van der Waals surface area contributed by atoms with Gasteiger partial charge in [0, 0.05) is 11.4 Å². The van der Waals surface area contributed by atoms with Crippen LogP contribution in [-0.4, -0.2) is 24.8 Å². The predicted molar refractivity (Wildman–Crippen MR) is 116 cm³/mol. The average molecular weight is 436 g/mol. The van der Waals surface area contributed by atoms with E-state index in [-0.39, 0.29) is 12.7 Å². The van der Waals surface area contributed by atoms with Gasteiger partial charge in [0.15, 0.2) is 17.6 Å².